The molecule has 0 aromatic heterocycles. The van der Waals surface area contributed by atoms with E-state index in [1.165, 1.54) is 37.5 Å². The van der Waals surface area contributed by atoms with Gasteiger partial charge in [-0.1, -0.05) is 19.4 Å². The molecule has 1 saturated heterocycles. The van der Waals surface area contributed by atoms with Gasteiger partial charge in [-0.2, -0.15) is 0 Å². The number of carboxylic acid groups (broad SMARTS) is 1. The largest absolute Gasteiger partial charge is 0.478 e. The van der Waals surface area contributed by atoms with Crippen LogP contribution in [-0.4, -0.2) is 28.6 Å². The standard InChI is InChI=1S/C17H22FNO2/c1-2-16-5-3-4-10-19(16)12-14-6-8-15(18)11-13(14)7-9-17(20)21/h6-9,11,16H,2-5,10,12H2,1H3,(H,20,21). The lowest BCUT2D eigenvalue weighted by molar-refractivity contribution is -0.131. The molecule has 1 aliphatic heterocycles. The number of benzene rings is 1. The summed E-state index contributed by atoms with van der Waals surface area (Å²) < 4.78 is 13.4. The Labute approximate surface area is 125 Å². The molecule has 1 aromatic carbocycles. The zero-order valence-corrected chi connectivity index (χ0v) is 12.4. The molecular formula is C17H22FNO2. The van der Waals surface area contributed by atoms with Crippen LogP contribution in [0.2, 0.25) is 0 Å². The Morgan fingerprint density at radius 2 is 2.29 bits per heavy atom. The van der Waals surface area contributed by atoms with Crippen molar-refractivity contribution in [3.63, 3.8) is 0 Å². The number of hydrogen-bond acceptors (Lipinski definition) is 2. The zero-order valence-electron chi connectivity index (χ0n) is 12.4. The fourth-order valence-electron chi connectivity index (χ4n) is 2.98. The zero-order chi connectivity index (χ0) is 15.2. The first-order valence-electron chi connectivity index (χ1n) is 7.53. The summed E-state index contributed by atoms with van der Waals surface area (Å²) >= 11 is 0. The van der Waals surface area contributed by atoms with Crippen LogP contribution in [0.3, 0.4) is 0 Å². The molecule has 3 nitrogen and oxygen atoms in total. The molecule has 1 fully saturated rings. The highest BCUT2D eigenvalue weighted by molar-refractivity contribution is 5.85. The molecule has 0 saturated carbocycles. The van der Waals surface area contributed by atoms with Gasteiger partial charge in [0.25, 0.3) is 0 Å². The fourth-order valence-corrected chi connectivity index (χ4v) is 2.98. The molecule has 0 radical (unpaired) electrons. The Morgan fingerprint density at radius 3 is 3.00 bits per heavy atom. The third-order valence-electron chi connectivity index (χ3n) is 4.11. The summed E-state index contributed by atoms with van der Waals surface area (Å²) in [7, 11) is 0. The van der Waals surface area contributed by atoms with E-state index in [0.717, 1.165) is 31.1 Å². The SMILES string of the molecule is CCC1CCCCN1Cc1ccc(F)cc1C=CC(=O)O. The van der Waals surface area contributed by atoms with Gasteiger partial charge in [0, 0.05) is 18.7 Å². The summed E-state index contributed by atoms with van der Waals surface area (Å²) in [6.07, 6.45) is 7.32. The van der Waals surface area contributed by atoms with Gasteiger partial charge in [-0.3, -0.25) is 4.90 Å². The maximum atomic E-state index is 13.4. The van der Waals surface area contributed by atoms with Crippen molar-refractivity contribution in [2.75, 3.05) is 6.54 Å². The maximum Gasteiger partial charge on any atom is 0.328 e. The molecule has 21 heavy (non-hydrogen) atoms. The Kier molecular flexibility index (Phi) is 5.51. The van der Waals surface area contributed by atoms with E-state index >= 15 is 0 Å². The van der Waals surface area contributed by atoms with Crippen LogP contribution < -0.4 is 0 Å². The molecule has 0 amide bonds. The van der Waals surface area contributed by atoms with Crippen molar-refractivity contribution in [1.82, 2.24) is 4.90 Å². The van der Waals surface area contributed by atoms with Crippen LogP contribution in [0.1, 0.15) is 43.7 Å². The molecule has 0 aliphatic carbocycles. The normalized spacial score (nSPS) is 20.0. The number of hydrogen-bond donors (Lipinski definition) is 1. The van der Waals surface area contributed by atoms with E-state index in [-0.39, 0.29) is 5.82 Å². The lowest BCUT2D eigenvalue weighted by Crippen LogP contribution is -2.38. The highest BCUT2D eigenvalue weighted by atomic mass is 19.1. The van der Waals surface area contributed by atoms with E-state index in [1.54, 1.807) is 6.07 Å². The monoisotopic (exact) mass is 291 g/mol. The molecule has 1 aliphatic rings. The minimum Gasteiger partial charge on any atom is -0.478 e. The van der Waals surface area contributed by atoms with E-state index in [1.807, 2.05) is 0 Å². The lowest BCUT2D eigenvalue weighted by atomic mass is 9.98. The van der Waals surface area contributed by atoms with Crippen molar-refractivity contribution in [2.45, 2.75) is 45.2 Å². The van der Waals surface area contributed by atoms with Gasteiger partial charge in [-0.25, -0.2) is 9.18 Å². The predicted molar refractivity (Wildman–Crippen MR) is 81.4 cm³/mol. The third-order valence-corrected chi connectivity index (χ3v) is 4.11. The van der Waals surface area contributed by atoms with Crippen LogP contribution in [0.5, 0.6) is 0 Å². The number of aliphatic carboxylic acids is 1. The number of piperidine rings is 1. The second-order valence-corrected chi connectivity index (χ2v) is 5.54. The molecule has 0 spiro atoms. The van der Waals surface area contributed by atoms with Crippen molar-refractivity contribution in [1.29, 1.82) is 0 Å². The van der Waals surface area contributed by atoms with Gasteiger partial charge in [0.1, 0.15) is 5.82 Å². The first kappa shape index (κ1) is 15.7. The highest BCUT2D eigenvalue weighted by Crippen LogP contribution is 2.23. The second-order valence-electron chi connectivity index (χ2n) is 5.54. The summed E-state index contributed by atoms with van der Waals surface area (Å²) in [4.78, 5) is 13.1. The van der Waals surface area contributed by atoms with Crippen LogP contribution in [0.4, 0.5) is 4.39 Å². The number of carboxylic acids is 1. The Bertz CT molecular complexity index is 528. The molecule has 1 atom stereocenters. The Balaban J connectivity index is 2.20. The minimum absolute atomic E-state index is 0.338. The summed E-state index contributed by atoms with van der Waals surface area (Å²) in [6, 6.07) is 5.18. The van der Waals surface area contributed by atoms with E-state index in [9.17, 15) is 9.18 Å². The van der Waals surface area contributed by atoms with Crippen molar-refractivity contribution >= 4 is 12.0 Å². The highest BCUT2D eigenvalue weighted by Gasteiger charge is 2.21. The third kappa shape index (κ3) is 4.39. The number of rotatable bonds is 5. The first-order valence-corrected chi connectivity index (χ1v) is 7.53. The van der Waals surface area contributed by atoms with E-state index < -0.39 is 5.97 Å². The predicted octanol–water partition coefficient (Wildman–Crippen LogP) is 3.69. The smallest absolute Gasteiger partial charge is 0.328 e. The summed E-state index contributed by atoms with van der Waals surface area (Å²) in [5.74, 6) is -1.36. The second kappa shape index (κ2) is 7.36. The molecular weight excluding hydrogens is 269 g/mol. The van der Waals surface area contributed by atoms with Crippen molar-refractivity contribution in [2.24, 2.45) is 0 Å². The van der Waals surface area contributed by atoms with E-state index in [2.05, 4.69) is 11.8 Å². The molecule has 1 N–H and O–H groups in total. The van der Waals surface area contributed by atoms with Gasteiger partial charge >= 0.3 is 5.97 Å². The van der Waals surface area contributed by atoms with Gasteiger partial charge in [-0.15, -0.1) is 0 Å². The molecule has 1 heterocycles. The lowest BCUT2D eigenvalue weighted by Gasteiger charge is -2.35. The van der Waals surface area contributed by atoms with Gasteiger partial charge in [-0.05, 0) is 55.1 Å². The average Bonchev–Trinajstić information content (AvgIpc) is 2.48. The number of likely N-dealkylation sites (tertiary alicyclic amines) is 1. The van der Waals surface area contributed by atoms with Crippen LogP contribution >= 0.6 is 0 Å². The van der Waals surface area contributed by atoms with Crippen LogP contribution in [0.25, 0.3) is 6.08 Å². The molecule has 4 heteroatoms. The first-order chi connectivity index (χ1) is 10.1. The molecule has 2 rings (SSSR count). The molecule has 0 bridgehead atoms. The maximum absolute atomic E-state index is 13.4. The number of nitrogens with zero attached hydrogens (tertiary/aromatic N) is 1. The average molecular weight is 291 g/mol. The van der Waals surface area contributed by atoms with Gasteiger partial charge in [0.15, 0.2) is 0 Å². The quantitative estimate of drug-likeness (QED) is 0.841. The van der Waals surface area contributed by atoms with Gasteiger partial charge in [0.2, 0.25) is 0 Å². The van der Waals surface area contributed by atoms with Gasteiger partial charge < -0.3 is 5.11 Å². The summed E-state index contributed by atoms with van der Waals surface area (Å²) in [5.41, 5.74) is 1.63. The minimum atomic E-state index is -1.02. The topological polar surface area (TPSA) is 40.5 Å². The van der Waals surface area contributed by atoms with Crippen molar-refractivity contribution in [3.8, 4) is 0 Å². The van der Waals surface area contributed by atoms with Crippen molar-refractivity contribution < 1.29 is 14.3 Å². The van der Waals surface area contributed by atoms with Crippen LogP contribution in [-0.2, 0) is 11.3 Å². The van der Waals surface area contributed by atoms with Crippen LogP contribution in [0.15, 0.2) is 24.3 Å². The van der Waals surface area contributed by atoms with Gasteiger partial charge in [0.05, 0.1) is 0 Å². The summed E-state index contributed by atoms with van der Waals surface area (Å²) in [6.45, 7) is 3.99. The van der Waals surface area contributed by atoms with Crippen LogP contribution in [0, 0.1) is 5.82 Å². The Hall–Kier alpha value is -1.68. The Morgan fingerprint density at radius 1 is 1.48 bits per heavy atom. The van der Waals surface area contributed by atoms with E-state index in [0.29, 0.717) is 11.6 Å². The molecule has 1 unspecified atom stereocenters. The number of halogens is 1. The fraction of sp³-hybridized carbons (Fsp3) is 0.471. The van der Waals surface area contributed by atoms with Crippen molar-refractivity contribution in [3.05, 3.63) is 41.2 Å². The summed E-state index contributed by atoms with van der Waals surface area (Å²) in [5, 5.41) is 8.75. The molecule has 114 valence electrons. The van der Waals surface area contributed by atoms with E-state index in [4.69, 9.17) is 5.11 Å². The number of carbonyl (C=O) groups is 1. The molecule has 1 aromatic rings.